The first-order chi connectivity index (χ1) is 16.2. The highest BCUT2D eigenvalue weighted by atomic mass is 32.2. The number of benzene rings is 2. The summed E-state index contributed by atoms with van der Waals surface area (Å²) in [5, 5.41) is 1.78. The third-order valence-corrected chi connectivity index (χ3v) is 8.56. The second-order valence-electron chi connectivity index (χ2n) is 8.58. The normalized spacial score (nSPS) is 16.9. The molecule has 2 heterocycles. The lowest BCUT2D eigenvalue weighted by Gasteiger charge is -2.36. The number of piperazine rings is 1. The Labute approximate surface area is 199 Å². The molecule has 2 aromatic rings. The SMILES string of the molecule is COc1ccc(N2CCN(C(=O)CC(C)S(=O)(=O)c3cc4c(cc3C)NC(=O)CO4)CC2)cc1. The van der Waals surface area contributed by atoms with Crippen LogP contribution in [0, 0.1) is 6.92 Å². The first-order valence-electron chi connectivity index (χ1n) is 11.2. The van der Waals surface area contributed by atoms with Crippen LogP contribution in [0.1, 0.15) is 18.9 Å². The molecular weight excluding hydrogens is 458 g/mol. The van der Waals surface area contributed by atoms with E-state index in [2.05, 4.69) is 10.2 Å². The van der Waals surface area contributed by atoms with Crippen LogP contribution in [0.5, 0.6) is 11.5 Å². The molecule has 4 rings (SSSR count). The second kappa shape index (κ2) is 9.54. The van der Waals surface area contributed by atoms with Crippen LogP contribution in [0.15, 0.2) is 41.3 Å². The fourth-order valence-corrected chi connectivity index (χ4v) is 5.81. The number of sulfone groups is 1. The van der Waals surface area contributed by atoms with Crippen LogP contribution in [0.25, 0.3) is 0 Å². The van der Waals surface area contributed by atoms with Gasteiger partial charge in [0.15, 0.2) is 16.4 Å². The predicted octanol–water partition coefficient (Wildman–Crippen LogP) is 2.24. The topological polar surface area (TPSA) is 105 Å². The van der Waals surface area contributed by atoms with Crippen molar-refractivity contribution in [3.63, 3.8) is 0 Å². The van der Waals surface area contributed by atoms with Gasteiger partial charge < -0.3 is 24.6 Å². The number of nitrogens with one attached hydrogen (secondary N) is 1. The van der Waals surface area contributed by atoms with Gasteiger partial charge in [0.2, 0.25) is 5.91 Å². The zero-order valence-corrected chi connectivity index (χ0v) is 20.4. The molecule has 1 N–H and O–H groups in total. The Morgan fingerprint density at radius 2 is 1.82 bits per heavy atom. The summed E-state index contributed by atoms with van der Waals surface area (Å²) in [6, 6.07) is 10.8. The summed E-state index contributed by atoms with van der Waals surface area (Å²) < 4.78 is 37.1. The van der Waals surface area contributed by atoms with Gasteiger partial charge in [-0.1, -0.05) is 0 Å². The van der Waals surface area contributed by atoms with Gasteiger partial charge in [0.05, 0.1) is 22.9 Å². The lowest BCUT2D eigenvalue weighted by Crippen LogP contribution is -2.49. The standard InChI is InChI=1S/C24H29N3O6S/c1-16-12-20-21(33-15-23(28)25-20)14-22(16)34(30,31)17(2)13-24(29)27-10-8-26(9-11-27)18-4-6-19(32-3)7-5-18/h4-7,12,14,17H,8-11,13,15H2,1-3H3,(H,25,28). The maximum atomic E-state index is 13.3. The average molecular weight is 488 g/mol. The quantitative estimate of drug-likeness (QED) is 0.666. The van der Waals surface area contributed by atoms with E-state index >= 15 is 0 Å². The lowest BCUT2D eigenvalue weighted by molar-refractivity contribution is -0.131. The van der Waals surface area contributed by atoms with Gasteiger partial charge in [-0.15, -0.1) is 0 Å². The van der Waals surface area contributed by atoms with E-state index in [1.807, 2.05) is 24.3 Å². The largest absolute Gasteiger partial charge is 0.497 e. The second-order valence-corrected chi connectivity index (χ2v) is 10.9. The van der Waals surface area contributed by atoms with Crippen molar-refractivity contribution in [2.45, 2.75) is 30.4 Å². The van der Waals surface area contributed by atoms with Gasteiger partial charge in [-0.05, 0) is 49.7 Å². The molecular formula is C24H29N3O6S. The van der Waals surface area contributed by atoms with Crippen LogP contribution in [0.4, 0.5) is 11.4 Å². The lowest BCUT2D eigenvalue weighted by atomic mass is 10.2. The van der Waals surface area contributed by atoms with Crippen LogP contribution in [0.3, 0.4) is 0 Å². The number of aryl methyl sites for hydroxylation is 1. The van der Waals surface area contributed by atoms with Crippen molar-refractivity contribution in [3.05, 3.63) is 42.0 Å². The van der Waals surface area contributed by atoms with E-state index in [1.165, 1.54) is 6.07 Å². The predicted molar refractivity (Wildman–Crippen MR) is 128 cm³/mol. The number of hydrogen-bond donors (Lipinski definition) is 1. The molecule has 34 heavy (non-hydrogen) atoms. The van der Waals surface area contributed by atoms with Gasteiger partial charge in [0.25, 0.3) is 5.91 Å². The summed E-state index contributed by atoms with van der Waals surface area (Å²) in [4.78, 5) is 28.5. The first kappa shape index (κ1) is 23.9. The summed E-state index contributed by atoms with van der Waals surface area (Å²) in [5.41, 5.74) is 2.01. The minimum absolute atomic E-state index is 0.0982. The van der Waals surface area contributed by atoms with Gasteiger partial charge in [0.1, 0.15) is 11.5 Å². The van der Waals surface area contributed by atoms with Crippen LogP contribution in [-0.2, 0) is 19.4 Å². The molecule has 0 bridgehead atoms. The van der Waals surface area contributed by atoms with E-state index in [0.717, 1.165) is 11.4 Å². The number of anilines is 2. The Bertz CT molecular complexity index is 1190. The Hall–Kier alpha value is -3.27. The van der Waals surface area contributed by atoms with Crippen molar-refractivity contribution in [1.82, 2.24) is 4.90 Å². The number of methoxy groups -OCH3 is 1. The Morgan fingerprint density at radius 3 is 2.47 bits per heavy atom. The Kier molecular flexibility index (Phi) is 6.70. The number of ether oxygens (including phenoxy) is 2. The van der Waals surface area contributed by atoms with Crippen LogP contribution < -0.4 is 19.7 Å². The molecule has 2 aliphatic rings. The zero-order chi connectivity index (χ0) is 24.5. The van der Waals surface area contributed by atoms with E-state index in [4.69, 9.17) is 9.47 Å². The van der Waals surface area contributed by atoms with Gasteiger partial charge in [0, 0.05) is 44.4 Å². The van der Waals surface area contributed by atoms with E-state index < -0.39 is 15.1 Å². The molecule has 1 saturated heterocycles. The number of carbonyl (C=O) groups excluding carboxylic acids is 2. The molecule has 0 spiro atoms. The van der Waals surface area contributed by atoms with Crippen molar-refractivity contribution in [2.75, 3.05) is 50.1 Å². The van der Waals surface area contributed by atoms with Gasteiger partial charge in [-0.2, -0.15) is 0 Å². The number of hydrogen-bond acceptors (Lipinski definition) is 7. The number of amides is 2. The molecule has 1 atom stereocenters. The number of nitrogens with zero attached hydrogens (tertiary/aromatic N) is 2. The molecule has 0 radical (unpaired) electrons. The van der Waals surface area contributed by atoms with Crippen molar-refractivity contribution < 1.29 is 27.5 Å². The van der Waals surface area contributed by atoms with Crippen LogP contribution in [-0.4, -0.2) is 70.3 Å². The average Bonchev–Trinajstić information content (AvgIpc) is 2.83. The number of rotatable bonds is 6. The van der Waals surface area contributed by atoms with E-state index in [1.54, 1.807) is 31.9 Å². The summed E-state index contributed by atoms with van der Waals surface area (Å²) >= 11 is 0. The Balaban J connectivity index is 1.39. The molecule has 0 aliphatic carbocycles. The van der Waals surface area contributed by atoms with Crippen molar-refractivity contribution in [3.8, 4) is 11.5 Å². The minimum Gasteiger partial charge on any atom is -0.497 e. The molecule has 1 unspecified atom stereocenters. The van der Waals surface area contributed by atoms with E-state index in [9.17, 15) is 18.0 Å². The first-order valence-corrected chi connectivity index (χ1v) is 12.7. The van der Waals surface area contributed by atoms with E-state index in [-0.39, 0.29) is 29.7 Å². The molecule has 2 aromatic carbocycles. The summed E-state index contributed by atoms with van der Waals surface area (Å²) in [7, 11) is -2.15. The Morgan fingerprint density at radius 1 is 1.15 bits per heavy atom. The third kappa shape index (κ3) is 4.82. The molecule has 1 fully saturated rings. The molecule has 9 nitrogen and oxygen atoms in total. The highest BCUT2D eigenvalue weighted by Gasteiger charge is 2.31. The molecule has 2 amide bonds. The molecule has 182 valence electrons. The van der Waals surface area contributed by atoms with Crippen molar-refractivity contribution in [1.29, 1.82) is 0 Å². The fourth-order valence-electron chi connectivity index (χ4n) is 4.23. The number of carbonyl (C=O) groups is 2. The van der Waals surface area contributed by atoms with Gasteiger partial charge in [-0.25, -0.2) is 8.42 Å². The summed E-state index contributed by atoms with van der Waals surface area (Å²) in [5.74, 6) is 0.647. The summed E-state index contributed by atoms with van der Waals surface area (Å²) in [6.45, 7) is 5.47. The minimum atomic E-state index is -3.77. The third-order valence-electron chi connectivity index (χ3n) is 6.28. The highest BCUT2D eigenvalue weighted by molar-refractivity contribution is 7.92. The number of fused-ring (bicyclic) bond motifs is 1. The van der Waals surface area contributed by atoms with Crippen LogP contribution >= 0.6 is 0 Å². The maximum absolute atomic E-state index is 13.3. The molecule has 2 aliphatic heterocycles. The molecule has 0 saturated carbocycles. The van der Waals surface area contributed by atoms with Crippen molar-refractivity contribution >= 4 is 33.0 Å². The van der Waals surface area contributed by atoms with Crippen molar-refractivity contribution in [2.24, 2.45) is 0 Å². The maximum Gasteiger partial charge on any atom is 0.262 e. The fraction of sp³-hybridized carbons (Fsp3) is 0.417. The zero-order valence-electron chi connectivity index (χ0n) is 19.5. The highest BCUT2D eigenvalue weighted by Crippen LogP contribution is 2.34. The summed E-state index contributed by atoms with van der Waals surface area (Å²) in [6.07, 6.45) is -0.0982. The molecule has 0 aromatic heterocycles. The van der Waals surface area contributed by atoms with Gasteiger partial charge >= 0.3 is 0 Å². The molecule has 10 heteroatoms. The van der Waals surface area contributed by atoms with E-state index in [0.29, 0.717) is 43.2 Å². The monoisotopic (exact) mass is 487 g/mol. The van der Waals surface area contributed by atoms with Gasteiger partial charge in [-0.3, -0.25) is 9.59 Å². The van der Waals surface area contributed by atoms with Crippen LogP contribution in [0.2, 0.25) is 0 Å². The smallest absolute Gasteiger partial charge is 0.262 e.